The molecule has 1 aromatic carbocycles. The van der Waals surface area contributed by atoms with Crippen molar-refractivity contribution in [2.24, 2.45) is 5.73 Å². The number of benzene rings is 1. The molecule has 20 heavy (non-hydrogen) atoms. The number of aromatic nitrogens is 1. The van der Waals surface area contributed by atoms with Gasteiger partial charge in [0.25, 0.3) is 0 Å². The van der Waals surface area contributed by atoms with E-state index in [0.29, 0.717) is 35.4 Å². The van der Waals surface area contributed by atoms with Gasteiger partial charge >= 0.3 is 0 Å². The van der Waals surface area contributed by atoms with Gasteiger partial charge in [-0.1, -0.05) is 0 Å². The molecule has 0 unspecified atom stereocenters. The Bertz CT molecular complexity index is 612. The topological polar surface area (TPSA) is 100 Å². The van der Waals surface area contributed by atoms with Crippen LogP contribution in [0, 0.1) is 0 Å². The van der Waals surface area contributed by atoms with Gasteiger partial charge in [-0.25, -0.2) is 0 Å². The van der Waals surface area contributed by atoms with Crippen molar-refractivity contribution in [1.29, 1.82) is 0 Å². The lowest BCUT2D eigenvalue weighted by molar-refractivity contribution is 0.100. The van der Waals surface area contributed by atoms with Crippen molar-refractivity contribution in [1.82, 2.24) is 4.98 Å². The van der Waals surface area contributed by atoms with E-state index in [2.05, 4.69) is 4.98 Å². The number of nitrogens with two attached hydrogens (primary N) is 2. The number of amides is 1. The summed E-state index contributed by atoms with van der Waals surface area (Å²) < 4.78 is 10.8. The molecule has 0 spiro atoms. The van der Waals surface area contributed by atoms with Crippen molar-refractivity contribution in [2.45, 2.75) is 6.92 Å². The molecule has 0 saturated carbocycles. The Balaban J connectivity index is 2.17. The maximum Gasteiger partial charge on any atom is 0.248 e. The highest BCUT2D eigenvalue weighted by molar-refractivity contribution is 5.92. The van der Waals surface area contributed by atoms with Crippen molar-refractivity contribution in [2.75, 3.05) is 12.3 Å². The van der Waals surface area contributed by atoms with Crippen LogP contribution in [0.4, 0.5) is 5.69 Å². The molecular formula is C14H15N3O3. The largest absolute Gasteiger partial charge is 0.476 e. The SMILES string of the molecule is CCOc1nc(Oc2ccc(C(N)=O)cc2)ccc1N. The zero-order valence-electron chi connectivity index (χ0n) is 11.0. The Labute approximate surface area is 116 Å². The van der Waals surface area contributed by atoms with Gasteiger partial charge in [0.1, 0.15) is 5.75 Å². The number of carbonyl (C=O) groups excluding carboxylic acids is 1. The predicted octanol–water partition coefficient (Wildman–Crippen LogP) is 1.95. The lowest BCUT2D eigenvalue weighted by Crippen LogP contribution is -2.10. The number of pyridine rings is 1. The van der Waals surface area contributed by atoms with Crippen LogP contribution in [0.2, 0.25) is 0 Å². The maximum absolute atomic E-state index is 11.0. The second-order valence-electron chi connectivity index (χ2n) is 3.97. The molecule has 1 heterocycles. The fraction of sp³-hybridized carbons (Fsp3) is 0.143. The van der Waals surface area contributed by atoms with Crippen molar-refractivity contribution >= 4 is 11.6 Å². The van der Waals surface area contributed by atoms with Crippen LogP contribution in [-0.2, 0) is 0 Å². The number of hydrogen-bond acceptors (Lipinski definition) is 5. The summed E-state index contributed by atoms with van der Waals surface area (Å²) in [5.74, 6) is 0.740. The van der Waals surface area contributed by atoms with Gasteiger partial charge in [-0.15, -0.1) is 0 Å². The van der Waals surface area contributed by atoms with Crippen LogP contribution in [0.3, 0.4) is 0 Å². The average molecular weight is 273 g/mol. The number of anilines is 1. The zero-order chi connectivity index (χ0) is 14.5. The van der Waals surface area contributed by atoms with Crippen LogP contribution in [0.15, 0.2) is 36.4 Å². The summed E-state index contributed by atoms with van der Waals surface area (Å²) in [4.78, 5) is 15.1. The summed E-state index contributed by atoms with van der Waals surface area (Å²) >= 11 is 0. The molecule has 6 heteroatoms. The summed E-state index contributed by atoms with van der Waals surface area (Å²) in [5, 5.41) is 0. The first-order valence-electron chi connectivity index (χ1n) is 6.07. The van der Waals surface area contributed by atoms with Gasteiger partial charge in [0.15, 0.2) is 0 Å². The number of carbonyl (C=O) groups is 1. The van der Waals surface area contributed by atoms with Crippen LogP contribution in [0.25, 0.3) is 0 Å². The monoisotopic (exact) mass is 273 g/mol. The van der Waals surface area contributed by atoms with Crippen LogP contribution in [-0.4, -0.2) is 17.5 Å². The highest BCUT2D eigenvalue weighted by Gasteiger charge is 2.06. The number of hydrogen-bond donors (Lipinski definition) is 2. The quantitative estimate of drug-likeness (QED) is 0.867. The molecule has 0 atom stereocenters. The summed E-state index contributed by atoms with van der Waals surface area (Å²) in [6.45, 7) is 2.31. The van der Waals surface area contributed by atoms with Gasteiger partial charge in [0, 0.05) is 11.6 Å². The molecule has 0 fully saturated rings. The molecule has 1 aromatic heterocycles. The van der Waals surface area contributed by atoms with E-state index < -0.39 is 5.91 Å². The van der Waals surface area contributed by atoms with Gasteiger partial charge in [-0.05, 0) is 37.3 Å². The van der Waals surface area contributed by atoms with Gasteiger partial charge in [-0.3, -0.25) is 4.79 Å². The second-order valence-corrected chi connectivity index (χ2v) is 3.97. The van der Waals surface area contributed by atoms with E-state index in [1.807, 2.05) is 6.92 Å². The van der Waals surface area contributed by atoms with Gasteiger partial charge in [-0.2, -0.15) is 4.98 Å². The molecule has 0 aliphatic heterocycles. The van der Waals surface area contributed by atoms with E-state index in [4.69, 9.17) is 20.9 Å². The molecule has 0 radical (unpaired) electrons. The normalized spacial score (nSPS) is 10.1. The van der Waals surface area contributed by atoms with Crippen LogP contribution in [0.5, 0.6) is 17.5 Å². The number of nitrogen functional groups attached to an aromatic ring is 1. The molecule has 0 aliphatic carbocycles. The minimum Gasteiger partial charge on any atom is -0.476 e. The van der Waals surface area contributed by atoms with Crippen LogP contribution in [0.1, 0.15) is 17.3 Å². The molecule has 6 nitrogen and oxygen atoms in total. The zero-order valence-corrected chi connectivity index (χ0v) is 11.0. The van der Waals surface area contributed by atoms with Crippen molar-refractivity contribution in [3.63, 3.8) is 0 Å². The average Bonchev–Trinajstić information content (AvgIpc) is 2.43. The fourth-order valence-corrected chi connectivity index (χ4v) is 1.55. The predicted molar refractivity (Wildman–Crippen MR) is 74.9 cm³/mol. The molecule has 1 amide bonds. The number of primary amides is 1. The van der Waals surface area contributed by atoms with E-state index in [9.17, 15) is 4.79 Å². The standard InChI is InChI=1S/C14H15N3O3/c1-2-19-14-11(15)7-8-12(17-14)20-10-5-3-9(4-6-10)13(16)18/h3-8H,2,15H2,1H3,(H2,16,18). The Morgan fingerprint density at radius 2 is 1.90 bits per heavy atom. The molecule has 2 aromatic rings. The third-order valence-electron chi connectivity index (χ3n) is 2.51. The van der Waals surface area contributed by atoms with Crippen molar-refractivity contribution < 1.29 is 14.3 Å². The first-order valence-corrected chi connectivity index (χ1v) is 6.07. The Morgan fingerprint density at radius 1 is 1.20 bits per heavy atom. The summed E-state index contributed by atoms with van der Waals surface area (Å²) in [6, 6.07) is 9.73. The molecule has 0 bridgehead atoms. The minimum absolute atomic E-state index is 0.332. The molecule has 2 rings (SSSR count). The van der Waals surface area contributed by atoms with E-state index in [0.717, 1.165) is 0 Å². The van der Waals surface area contributed by atoms with E-state index in [-0.39, 0.29) is 0 Å². The number of ether oxygens (including phenoxy) is 2. The van der Waals surface area contributed by atoms with Crippen molar-refractivity contribution in [3.8, 4) is 17.5 Å². The number of nitrogens with zero attached hydrogens (tertiary/aromatic N) is 1. The molecule has 0 saturated heterocycles. The Kier molecular flexibility index (Phi) is 4.05. The van der Waals surface area contributed by atoms with E-state index in [1.54, 1.807) is 36.4 Å². The summed E-state index contributed by atoms with van der Waals surface area (Å²) in [5.41, 5.74) is 11.8. The highest BCUT2D eigenvalue weighted by atomic mass is 16.5. The van der Waals surface area contributed by atoms with Crippen LogP contribution < -0.4 is 20.9 Å². The third kappa shape index (κ3) is 3.17. The third-order valence-corrected chi connectivity index (χ3v) is 2.51. The first-order chi connectivity index (χ1) is 9.60. The number of rotatable bonds is 5. The molecular weight excluding hydrogens is 258 g/mol. The molecule has 104 valence electrons. The van der Waals surface area contributed by atoms with Gasteiger partial charge in [0.2, 0.25) is 17.7 Å². The van der Waals surface area contributed by atoms with E-state index in [1.165, 1.54) is 0 Å². The lowest BCUT2D eigenvalue weighted by atomic mass is 10.2. The van der Waals surface area contributed by atoms with Gasteiger partial charge < -0.3 is 20.9 Å². The summed E-state index contributed by atoms with van der Waals surface area (Å²) in [6.07, 6.45) is 0. The fourth-order valence-electron chi connectivity index (χ4n) is 1.55. The van der Waals surface area contributed by atoms with Gasteiger partial charge in [0.05, 0.1) is 12.3 Å². The second kappa shape index (κ2) is 5.92. The minimum atomic E-state index is -0.485. The smallest absolute Gasteiger partial charge is 0.248 e. The lowest BCUT2D eigenvalue weighted by Gasteiger charge is -2.09. The molecule has 4 N–H and O–H groups in total. The maximum atomic E-state index is 11.0. The molecule has 0 aliphatic rings. The summed E-state index contributed by atoms with van der Waals surface area (Å²) in [7, 11) is 0. The van der Waals surface area contributed by atoms with Crippen LogP contribution >= 0.6 is 0 Å². The van der Waals surface area contributed by atoms with E-state index >= 15 is 0 Å². The Hall–Kier alpha value is -2.76. The Morgan fingerprint density at radius 3 is 2.50 bits per heavy atom. The van der Waals surface area contributed by atoms with Crippen molar-refractivity contribution in [3.05, 3.63) is 42.0 Å². The highest BCUT2D eigenvalue weighted by Crippen LogP contribution is 2.26. The first kappa shape index (κ1) is 13.7.